The van der Waals surface area contributed by atoms with Crippen molar-refractivity contribution in [1.29, 1.82) is 0 Å². The van der Waals surface area contributed by atoms with Crippen molar-refractivity contribution in [3.05, 3.63) is 63.7 Å². The number of ether oxygens (including phenoxy) is 3. The van der Waals surface area contributed by atoms with Crippen LogP contribution >= 0.6 is 0 Å². The maximum Gasteiger partial charge on any atom is 0.225 e. The second kappa shape index (κ2) is 7.80. The minimum absolute atomic E-state index is 0.122. The predicted octanol–water partition coefficient (Wildman–Crippen LogP) is 1.11. The first-order valence-electron chi connectivity index (χ1n) is 11.1. The van der Waals surface area contributed by atoms with Crippen LogP contribution < -0.4 is 4.74 Å². The van der Waals surface area contributed by atoms with Gasteiger partial charge in [0.1, 0.15) is 29.7 Å². The van der Waals surface area contributed by atoms with Gasteiger partial charge in [0.05, 0.1) is 20.3 Å². The molecule has 2 aromatic rings. The van der Waals surface area contributed by atoms with E-state index in [0.717, 1.165) is 41.7 Å². The number of hydrogen-bond donors (Lipinski definition) is 4. The van der Waals surface area contributed by atoms with Crippen LogP contribution in [0.1, 0.15) is 39.8 Å². The summed E-state index contributed by atoms with van der Waals surface area (Å²) in [6, 6.07) is 9.94. The minimum Gasteiger partial charge on any atom is -0.497 e. The first kappa shape index (κ1) is 21.8. The largest absolute Gasteiger partial charge is 0.497 e. The van der Waals surface area contributed by atoms with Crippen LogP contribution in [-0.4, -0.2) is 64.7 Å². The van der Waals surface area contributed by atoms with Gasteiger partial charge in [-0.3, -0.25) is 0 Å². The number of benzene rings is 2. The lowest BCUT2D eigenvalue weighted by molar-refractivity contribution is -0.329. The molecule has 0 radical (unpaired) electrons. The van der Waals surface area contributed by atoms with Crippen molar-refractivity contribution in [2.75, 3.05) is 20.3 Å². The van der Waals surface area contributed by atoms with Crippen LogP contribution in [0.25, 0.3) is 0 Å². The van der Waals surface area contributed by atoms with Gasteiger partial charge in [0, 0.05) is 5.56 Å². The second-order valence-corrected chi connectivity index (χ2v) is 9.21. The number of hydrogen-bond acceptors (Lipinski definition) is 7. The quantitative estimate of drug-likeness (QED) is 0.549. The Balaban J connectivity index is 1.61. The van der Waals surface area contributed by atoms with Crippen molar-refractivity contribution in [3.63, 3.8) is 0 Å². The fourth-order valence-electron chi connectivity index (χ4n) is 5.58. The number of methoxy groups -OCH3 is 1. The highest BCUT2D eigenvalue weighted by Crippen LogP contribution is 2.51. The molecule has 2 saturated heterocycles. The van der Waals surface area contributed by atoms with Gasteiger partial charge in [0.2, 0.25) is 5.79 Å². The van der Waals surface area contributed by atoms with Gasteiger partial charge in [-0.1, -0.05) is 12.1 Å². The predicted molar refractivity (Wildman–Crippen MR) is 116 cm³/mol. The number of fused-ring (bicyclic) bond motifs is 3. The molecule has 2 aliphatic heterocycles. The van der Waals surface area contributed by atoms with Crippen LogP contribution in [0.15, 0.2) is 30.3 Å². The maximum atomic E-state index is 11.0. The maximum absolute atomic E-state index is 11.0. The molecule has 0 unspecified atom stereocenters. The molecule has 2 heterocycles. The zero-order valence-corrected chi connectivity index (χ0v) is 18.4. The Morgan fingerprint density at radius 3 is 2.47 bits per heavy atom. The zero-order valence-electron chi connectivity index (χ0n) is 18.4. The number of aliphatic hydroxyl groups is 4. The summed E-state index contributed by atoms with van der Waals surface area (Å²) in [4.78, 5) is 0. The van der Waals surface area contributed by atoms with E-state index in [-0.39, 0.29) is 6.61 Å². The fraction of sp³-hybridized carbons (Fsp3) is 0.520. The second-order valence-electron chi connectivity index (χ2n) is 9.21. The molecule has 3 aliphatic rings. The van der Waals surface area contributed by atoms with Gasteiger partial charge >= 0.3 is 0 Å². The van der Waals surface area contributed by atoms with Crippen molar-refractivity contribution in [2.45, 2.75) is 62.3 Å². The van der Waals surface area contributed by atoms with E-state index in [1.807, 2.05) is 37.3 Å². The Bertz CT molecular complexity index is 1020. The topological polar surface area (TPSA) is 109 Å². The minimum atomic E-state index is -1.64. The summed E-state index contributed by atoms with van der Waals surface area (Å²) in [6.45, 7) is 1.34. The standard InChI is InChI=1S/C25H30O7/c1-14-18-4-3-5-19(18)16(10-15-6-8-17(30-2)9-7-15)11-20(14)25-23(29)21(27)22(28)24(12-26,32-25)13-31-25/h6-9,11,21-23,26-29H,3-5,10,12-13H2,1-2H3/t21-,22-,23+,24-,25-/m0/s1. The molecule has 5 atom stereocenters. The molecule has 1 aliphatic carbocycles. The van der Waals surface area contributed by atoms with Crippen molar-refractivity contribution in [3.8, 4) is 5.75 Å². The van der Waals surface area contributed by atoms with Gasteiger partial charge in [-0.2, -0.15) is 0 Å². The van der Waals surface area contributed by atoms with E-state index in [2.05, 4.69) is 0 Å². The number of aliphatic hydroxyl groups excluding tert-OH is 4. The van der Waals surface area contributed by atoms with E-state index in [1.54, 1.807) is 7.11 Å². The normalized spacial score (nSPS) is 33.4. The van der Waals surface area contributed by atoms with E-state index >= 15 is 0 Å². The smallest absolute Gasteiger partial charge is 0.225 e. The highest BCUT2D eigenvalue weighted by molar-refractivity contribution is 5.52. The van der Waals surface area contributed by atoms with Crippen molar-refractivity contribution in [2.24, 2.45) is 0 Å². The average molecular weight is 443 g/mol. The summed E-state index contributed by atoms with van der Waals surface area (Å²) >= 11 is 0. The zero-order chi connectivity index (χ0) is 22.7. The third-order valence-corrected chi connectivity index (χ3v) is 7.44. The highest BCUT2D eigenvalue weighted by Gasteiger charge is 2.67. The van der Waals surface area contributed by atoms with Gasteiger partial charge in [-0.15, -0.1) is 0 Å². The molecule has 4 N–H and O–H groups in total. The van der Waals surface area contributed by atoms with E-state index < -0.39 is 36.3 Å². The van der Waals surface area contributed by atoms with Gasteiger partial charge in [-0.05, 0) is 78.6 Å². The third kappa shape index (κ3) is 3.04. The van der Waals surface area contributed by atoms with Crippen molar-refractivity contribution in [1.82, 2.24) is 0 Å². The summed E-state index contributed by atoms with van der Waals surface area (Å²) in [5.41, 5.74) is 4.93. The lowest BCUT2D eigenvalue weighted by Gasteiger charge is -2.46. The molecule has 5 rings (SSSR count). The first-order valence-corrected chi connectivity index (χ1v) is 11.1. The van der Waals surface area contributed by atoms with E-state index in [9.17, 15) is 20.4 Å². The number of rotatable bonds is 5. The molecular formula is C25H30O7. The highest BCUT2D eigenvalue weighted by atomic mass is 16.8. The van der Waals surface area contributed by atoms with Crippen LogP contribution in [0, 0.1) is 6.92 Å². The fourth-order valence-corrected chi connectivity index (χ4v) is 5.58. The molecule has 7 nitrogen and oxygen atoms in total. The Morgan fingerprint density at radius 1 is 1.06 bits per heavy atom. The lowest BCUT2D eigenvalue weighted by atomic mass is 9.80. The summed E-state index contributed by atoms with van der Waals surface area (Å²) in [5.74, 6) is -0.842. The third-order valence-electron chi connectivity index (χ3n) is 7.44. The summed E-state index contributed by atoms with van der Waals surface area (Å²) in [6.07, 6.45) is -0.792. The molecule has 2 aromatic carbocycles. The Labute approximate surface area is 187 Å². The monoisotopic (exact) mass is 442 g/mol. The molecule has 2 bridgehead atoms. The molecule has 0 spiro atoms. The molecule has 172 valence electrons. The molecule has 0 aromatic heterocycles. The summed E-state index contributed by atoms with van der Waals surface area (Å²) < 4.78 is 17.4. The lowest BCUT2D eigenvalue weighted by Crippen LogP contribution is -2.65. The summed E-state index contributed by atoms with van der Waals surface area (Å²) in [5, 5.41) is 42.0. The average Bonchev–Trinajstić information content (AvgIpc) is 3.45. The Morgan fingerprint density at radius 2 is 1.78 bits per heavy atom. The van der Waals surface area contributed by atoms with Crippen LogP contribution in [-0.2, 0) is 34.5 Å². The Kier molecular flexibility index (Phi) is 5.32. The molecule has 7 heteroatoms. The summed E-state index contributed by atoms with van der Waals surface area (Å²) in [7, 11) is 1.64. The van der Waals surface area contributed by atoms with E-state index in [1.165, 1.54) is 11.1 Å². The van der Waals surface area contributed by atoms with Gasteiger partial charge in [-0.25, -0.2) is 0 Å². The van der Waals surface area contributed by atoms with Crippen LogP contribution in [0.3, 0.4) is 0 Å². The molecule has 0 amide bonds. The van der Waals surface area contributed by atoms with Crippen LogP contribution in [0.4, 0.5) is 0 Å². The van der Waals surface area contributed by atoms with Gasteiger partial charge in [0.25, 0.3) is 0 Å². The van der Waals surface area contributed by atoms with Crippen molar-refractivity contribution < 1.29 is 34.6 Å². The Hall–Kier alpha value is -2.00. The van der Waals surface area contributed by atoms with E-state index in [0.29, 0.717) is 12.0 Å². The SMILES string of the molecule is COc1ccc(Cc2cc([C@]34OC[C@](CO)(O3)[C@@H](O)[C@H](O)[C@H]4O)c(C)c3c2CCC3)cc1. The van der Waals surface area contributed by atoms with E-state index in [4.69, 9.17) is 14.2 Å². The van der Waals surface area contributed by atoms with Gasteiger partial charge in [0.15, 0.2) is 0 Å². The van der Waals surface area contributed by atoms with Crippen LogP contribution in [0.5, 0.6) is 5.75 Å². The first-order chi connectivity index (χ1) is 15.3. The van der Waals surface area contributed by atoms with Crippen LogP contribution in [0.2, 0.25) is 0 Å². The molecule has 2 fully saturated rings. The molecular weight excluding hydrogens is 412 g/mol. The van der Waals surface area contributed by atoms with Crippen molar-refractivity contribution >= 4 is 0 Å². The van der Waals surface area contributed by atoms with Gasteiger partial charge < -0.3 is 34.6 Å². The molecule has 0 saturated carbocycles. The molecule has 32 heavy (non-hydrogen) atoms.